The van der Waals surface area contributed by atoms with Crippen molar-refractivity contribution in [3.63, 3.8) is 0 Å². The van der Waals surface area contributed by atoms with Crippen molar-refractivity contribution in [1.29, 1.82) is 0 Å². The summed E-state index contributed by atoms with van der Waals surface area (Å²) in [6.07, 6.45) is 32.7. The van der Waals surface area contributed by atoms with Crippen LogP contribution in [0.15, 0.2) is 72.9 Å². The van der Waals surface area contributed by atoms with Crippen LogP contribution >= 0.6 is 0 Å². The number of allylic oxidation sites excluding steroid dienone is 11. The van der Waals surface area contributed by atoms with Gasteiger partial charge in [0.1, 0.15) is 0 Å². The second kappa shape index (κ2) is 19.0. The van der Waals surface area contributed by atoms with Gasteiger partial charge in [0, 0.05) is 6.08 Å². The minimum absolute atomic E-state index is 0.936. The van der Waals surface area contributed by atoms with E-state index < -0.39 is 5.97 Å². The molecule has 0 amide bonds. The van der Waals surface area contributed by atoms with Crippen molar-refractivity contribution in [1.82, 2.24) is 0 Å². The van der Waals surface area contributed by atoms with Crippen molar-refractivity contribution in [3.05, 3.63) is 72.9 Å². The molecule has 0 spiro atoms. The Labute approximate surface area is 147 Å². The maximum atomic E-state index is 10.2. The summed E-state index contributed by atoms with van der Waals surface area (Å²) in [6, 6.07) is 0. The van der Waals surface area contributed by atoms with Crippen LogP contribution in [0.3, 0.4) is 0 Å². The molecule has 0 heterocycles. The van der Waals surface area contributed by atoms with Crippen LogP contribution in [0.5, 0.6) is 0 Å². The minimum Gasteiger partial charge on any atom is -0.478 e. The monoisotopic (exact) mass is 328 g/mol. The number of hydrogen-bond donors (Lipinski definition) is 1. The normalized spacial score (nSPS) is 13.0. The standard InChI is InChI=1S/C22H32O2/c1-2-3-4-5-6-7-8-9-10-11-12-13-14-15-16-17-18-19-20-21-22(23)24/h10-21H,2-9H2,1H3,(H,23,24)/b11-10+,13-12-,15-14+,17-16-,19-18-,21-20+. The van der Waals surface area contributed by atoms with Crippen LogP contribution in [0, 0.1) is 0 Å². The molecule has 0 aliphatic rings. The fourth-order valence-corrected chi connectivity index (χ4v) is 2.05. The number of unbranched alkanes of at least 4 members (excludes halogenated alkanes) is 7. The van der Waals surface area contributed by atoms with E-state index in [2.05, 4.69) is 19.1 Å². The summed E-state index contributed by atoms with van der Waals surface area (Å²) < 4.78 is 0. The Bertz CT molecular complexity index is 462. The van der Waals surface area contributed by atoms with Gasteiger partial charge in [0.15, 0.2) is 0 Å². The second-order valence-electron chi connectivity index (χ2n) is 5.58. The molecule has 24 heavy (non-hydrogen) atoms. The summed E-state index contributed by atoms with van der Waals surface area (Å²) in [5.41, 5.74) is 0. The molecule has 0 rings (SSSR count). The van der Waals surface area contributed by atoms with Gasteiger partial charge in [-0.3, -0.25) is 0 Å². The number of aliphatic carboxylic acids is 1. The van der Waals surface area contributed by atoms with E-state index in [-0.39, 0.29) is 0 Å². The zero-order valence-corrected chi connectivity index (χ0v) is 14.9. The molecule has 132 valence electrons. The summed E-state index contributed by atoms with van der Waals surface area (Å²) in [6.45, 7) is 2.25. The summed E-state index contributed by atoms with van der Waals surface area (Å²) in [7, 11) is 0. The van der Waals surface area contributed by atoms with Crippen molar-refractivity contribution in [2.75, 3.05) is 0 Å². The minimum atomic E-state index is -0.936. The van der Waals surface area contributed by atoms with Gasteiger partial charge in [-0.25, -0.2) is 4.79 Å². The number of rotatable bonds is 14. The molecule has 0 aromatic rings. The predicted octanol–water partition coefficient (Wildman–Crippen LogP) is 6.55. The highest BCUT2D eigenvalue weighted by molar-refractivity contribution is 5.80. The van der Waals surface area contributed by atoms with Gasteiger partial charge in [-0.05, 0) is 12.8 Å². The molecule has 0 saturated carbocycles. The highest BCUT2D eigenvalue weighted by Gasteiger charge is 1.88. The van der Waals surface area contributed by atoms with E-state index in [4.69, 9.17) is 5.11 Å². The molecule has 0 aliphatic carbocycles. The fourth-order valence-electron chi connectivity index (χ4n) is 2.05. The SMILES string of the molecule is CCCCCCCCC/C=C/C=C\C=C\C=C/C=C\C=C\C(=O)O. The topological polar surface area (TPSA) is 37.3 Å². The summed E-state index contributed by atoms with van der Waals surface area (Å²) in [5.74, 6) is -0.936. The number of carboxylic acids is 1. The zero-order valence-electron chi connectivity index (χ0n) is 14.9. The molecule has 0 aromatic heterocycles. The smallest absolute Gasteiger partial charge is 0.328 e. The van der Waals surface area contributed by atoms with E-state index in [1.54, 1.807) is 12.2 Å². The Hall–Kier alpha value is -2.09. The van der Waals surface area contributed by atoms with Gasteiger partial charge in [-0.1, -0.05) is 112 Å². The Kier molecular flexibility index (Phi) is 17.3. The lowest BCUT2D eigenvalue weighted by molar-refractivity contribution is -0.131. The maximum Gasteiger partial charge on any atom is 0.328 e. The molecular weight excluding hydrogens is 296 g/mol. The highest BCUT2D eigenvalue weighted by atomic mass is 16.4. The quantitative estimate of drug-likeness (QED) is 0.223. The Morgan fingerprint density at radius 1 is 0.667 bits per heavy atom. The summed E-state index contributed by atoms with van der Waals surface area (Å²) in [5, 5.41) is 8.39. The summed E-state index contributed by atoms with van der Waals surface area (Å²) >= 11 is 0. The van der Waals surface area contributed by atoms with Crippen molar-refractivity contribution < 1.29 is 9.90 Å². The summed E-state index contributed by atoms with van der Waals surface area (Å²) in [4.78, 5) is 10.2. The molecule has 2 nitrogen and oxygen atoms in total. The van der Waals surface area contributed by atoms with Crippen molar-refractivity contribution in [3.8, 4) is 0 Å². The number of hydrogen-bond acceptors (Lipinski definition) is 1. The van der Waals surface area contributed by atoms with E-state index in [0.717, 1.165) is 12.5 Å². The first-order valence-corrected chi connectivity index (χ1v) is 9.00. The van der Waals surface area contributed by atoms with Crippen LogP contribution in [0.4, 0.5) is 0 Å². The highest BCUT2D eigenvalue weighted by Crippen LogP contribution is 2.08. The van der Waals surface area contributed by atoms with Crippen LogP contribution in [-0.4, -0.2) is 11.1 Å². The predicted molar refractivity (Wildman–Crippen MR) is 105 cm³/mol. The maximum absolute atomic E-state index is 10.2. The van der Waals surface area contributed by atoms with E-state index in [1.807, 2.05) is 36.5 Å². The van der Waals surface area contributed by atoms with Gasteiger partial charge in [0.2, 0.25) is 0 Å². The van der Waals surface area contributed by atoms with Gasteiger partial charge >= 0.3 is 5.97 Å². The third kappa shape index (κ3) is 19.9. The van der Waals surface area contributed by atoms with Crippen LogP contribution < -0.4 is 0 Å². The molecule has 2 heteroatoms. The van der Waals surface area contributed by atoms with E-state index in [9.17, 15) is 4.79 Å². The molecule has 0 atom stereocenters. The van der Waals surface area contributed by atoms with E-state index >= 15 is 0 Å². The van der Waals surface area contributed by atoms with Gasteiger partial charge in [0.25, 0.3) is 0 Å². The van der Waals surface area contributed by atoms with Crippen LogP contribution in [0.2, 0.25) is 0 Å². The first kappa shape index (κ1) is 21.9. The Morgan fingerprint density at radius 3 is 1.67 bits per heavy atom. The first-order chi connectivity index (χ1) is 11.8. The molecule has 0 fully saturated rings. The third-order valence-corrected chi connectivity index (χ3v) is 3.35. The third-order valence-electron chi connectivity index (χ3n) is 3.35. The second-order valence-corrected chi connectivity index (χ2v) is 5.58. The van der Waals surface area contributed by atoms with Gasteiger partial charge < -0.3 is 5.11 Å². The lowest BCUT2D eigenvalue weighted by Gasteiger charge is -1.98. The van der Waals surface area contributed by atoms with Crippen molar-refractivity contribution in [2.45, 2.75) is 58.3 Å². The first-order valence-electron chi connectivity index (χ1n) is 9.00. The number of carbonyl (C=O) groups is 1. The van der Waals surface area contributed by atoms with Gasteiger partial charge in [-0.15, -0.1) is 0 Å². The van der Waals surface area contributed by atoms with Crippen LogP contribution in [-0.2, 0) is 4.79 Å². The Balaban J connectivity index is 3.57. The lowest BCUT2D eigenvalue weighted by atomic mass is 10.1. The molecule has 0 saturated heterocycles. The average molecular weight is 328 g/mol. The van der Waals surface area contributed by atoms with Gasteiger partial charge in [-0.2, -0.15) is 0 Å². The number of carboxylic acid groups (broad SMARTS) is 1. The fraction of sp³-hybridized carbons (Fsp3) is 0.409. The molecule has 0 aromatic carbocycles. The molecule has 0 aliphatic heterocycles. The van der Waals surface area contributed by atoms with E-state index in [0.29, 0.717) is 0 Å². The molecule has 1 N–H and O–H groups in total. The molecular formula is C22H32O2. The molecule has 0 radical (unpaired) electrons. The molecule has 0 unspecified atom stereocenters. The Morgan fingerprint density at radius 2 is 1.12 bits per heavy atom. The van der Waals surface area contributed by atoms with Crippen LogP contribution in [0.25, 0.3) is 0 Å². The zero-order chi connectivity index (χ0) is 17.7. The molecule has 0 bridgehead atoms. The van der Waals surface area contributed by atoms with Crippen molar-refractivity contribution in [2.24, 2.45) is 0 Å². The largest absolute Gasteiger partial charge is 0.478 e. The average Bonchev–Trinajstić information content (AvgIpc) is 2.56. The lowest BCUT2D eigenvalue weighted by Crippen LogP contribution is -1.84. The van der Waals surface area contributed by atoms with Gasteiger partial charge in [0.05, 0.1) is 0 Å². The van der Waals surface area contributed by atoms with Crippen molar-refractivity contribution >= 4 is 5.97 Å². The van der Waals surface area contributed by atoms with E-state index in [1.165, 1.54) is 51.0 Å². The van der Waals surface area contributed by atoms with Crippen LogP contribution in [0.1, 0.15) is 58.3 Å².